The lowest BCUT2D eigenvalue weighted by Gasteiger charge is -2.59. The first kappa shape index (κ1) is 41.8. The van der Waals surface area contributed by atoms with Gasteiger partial charge in [0.25, 0.3) is 0 Å². The molecule has 0 radical (unpaired) electrons. The minimum Gasteiger partial charge on any atom is -0.433 e. The van der Waals surface area contributed by atoms with Crippen LogP contribution in [-0.2, 0) is 32.9 Å². The molecule has 3 rings (SSSR count). The fourth-order valence-corrected chi connectivity index (χ4v) is 62.5. The van der Waals surface area contributed by atoms with Crippen LogP contribution in [-0.4, -0.2) is 108 Å². The fraction of sp³-hybridized carbons (Fsp3) is 1.00. The van der Waals surface area contributed by atoms with Gasteiger partial charge in [-0.1, -0.05) is 0 Å². The zero-order valence-electron chi connectivity index (χ0n) is 31.2. The summed E-state index contributed by atoms with van der Waals surface area (Å²) < 4.78 is 53.8. The first-order valence-electron chi connectivity index (χ1n) is 15.1. The average molecular weight is 768 g/mol. The Hall–Kier alpha value is 1.77. The Kier molecular flexibility index (Phi) is 12.9. The zero-order valence-corrected chi connectivity index (χ0v) is 41.2. The summed E-state index contributed by atoms with van der Waals surface area (Å²) in [5.41, 5.74) is 0. The predicted octanol–water partition coefficient (Wildman–Crippen LogP) is 7.01. The Bertz CT molecular complexity index is 809. The maximum atomic E-state index is 6.39. The van der Waals surface area contributed by atoms with E-state index in [9.17, 15) is 0 Å². The molecule has 0 unspecified atom stereocenters. The number of nitrogens with zero attached hydrogens (tertiary/aromatic N) is 2. The van der Waals surface area contributed by atoms with Gasteiger partial charge in [-0.25, -0.2) is 0 Å². The summed E-state index contributed by atoms with van der Waals surface area (Å²) in [5, 5.41) is 0. The normalized spacial score (nSPS) is 31.6. The molecule has 0 amide bonds. The molecule has 3 aliphatic rings. The van der Waals surface area contributed by atoms with Crippen molar-refractivity contribution in [2.24, 2.45) is 0 Å². The highest BCUT2D eigenvalue weighted by Gasteiger charge is 2.55. The Morgan fingerprint density at radius 3 is 0.548 bits per heavy atom. The van der Waals surface area contributed by atoms with Gasteiger partial charge < -0.3 is 41.4 Å². The van der Waals surface area contributed by atoms with Crippen molar-refractivity contribution < 1.29 is 32.9 Å². The lowest BCUT2D eigenvalue weighted by Crippen LogP contribution is -2.80. The van der Waals surface area contributed by atoms with Gasteiger partial charge in [-0.3, -0.25) is 0 Å². The summed E-state index contributed by atoms with van der Waals surface area (Å²) in [5.74, 6) is 0. The third-order valence-corrected chi connectivity index (χ3v) is 51.8. The van der Waals surface area contributed by atoms with E-state index < -0.39 is 85.3 Å². The molecule has 0 atom stereocenters. The molecular weight excluding hydrogens is 701 g/mol. The van der Waals surface area contributed by atoms with Gasteiger partial charge in [0, 0.05) is 0 Å². The molecule has 0 aliphatic carbocycles. The number of rotatable bonds is 0. The van der Waals surface area contributed by atoms with Crippen LogP contribution in [0, 0.1) is 0 Å². The molecule has 42 heavy (non-hydrogen) atoms. The van der Waals surface area contributed by atoms with Crippen molar-refractivity contribution in [1.82, 2.24) is 8.46 Å². The second-order valence-corrected chi connectivity index (χ2v) is 54.6. The third-order valence-electron chi connectivity index (χ3n) is 7.20. The van der Waals surface area contributed by atoms with E-state index in [1.807, 2.05) is 0 Å². The van der Waals surface area contributed by atoms with Gasteiger partial charge in [0.05, 0.1) is 0 Å². The Labute approximate surface area is 270 Å². The van der Waals surface area contributed by atoms with Crippen molar-refractivity contribution in [3.8, 4) is 0 Å². The van der Waals surface area contributed by atoms with Crippen molar-refractivity contribution in [2.75, 3.05) is 14.1 Å². The second kappa shape index (κ2) is 13.0. The summed E-state index contributed by atoms with van der Waals surface area (Å²) in [4.78, 5) is 0. The molecular formula is C22H66N2O8Si10. The highest BCUT2D eigenvalue weighted by atomic mass is 28.5. The summed E-state index contributed by atoms with van der Waals surface area (Å²) in [6.45, 7) is 43.3. The Morgan fingerprint density at radius 2 is 0.405 bits per heavy atom. The molecule has 20 heteroatoms. The molecule has 0 aromatic rings. The molecule has 3 aliphatic heterocycles. The van der Waals surface area contributed by atoms with Crippen LogP contribution in [0.1, 0.15) is 0 Å². The molecule has 0 N–H and O–H groups in total. The topological polar surface area (TPSA) is 80.3 Å². The van der Waals surface area contributed by atoms with Gasteiger partial charge in [0.1, 0.15) is 0 Å². The van der Waals surface area contributed by atoms with E-state index in [2.05, 4.69) is 153 Å². The Balaban J connectivity index is 0.000000318. The minimum atomic E-state index is -2.11. The van der Waals surface area contributed by atoms with E-state index in [1.54, 1.807) is 0 Å². The fourth-order valence-electron chi connectivity index (χ4n) is 6.58. The van der Waals surface area contributed by atoms with E-state index in [0.717, 1.165) is 0 Å². The van der Waals surface area contributed by atoms with Gasteiger partial charge in [0.2, 0.25) is 17.0 Å². The van der Waals surface area contributed by atoms with Gasteiger partial charge in [0.15, 0.2) is 8.40 Å². The maximum absolute atomic E-state index is 6.39. The predicted molar refractivity (Wildman–Crippen MR) is 199 cm³/mol. The minimum absolute atomic E-state index is 1.40. The zero-order chi connectivity index (χ0) is 33.8. The number of hydrogen-bond donors (Lipinski definition) is 0. The van der Waals surface area contributed by atoms with E-state index in [0.29, 0.717) is 0 Å². The molecule has 3 saturated heterocycles. The molecule has 3 heterocycles. The van der Waals surface area contributed by atoms with Gasteiger partial charge in [-0.2, -0.15) is 0 Å². The van der Waals surface area contributed by atoms with Crippen molar-refractivity contribution in [3.63, 3.8) is 0 Å². The monoisotopic (exact) mass is 766 g/mol. The van der Waals surface area contributed by atoms with Crippen LogP contribution < -0.4 is 0 Å². The van der Waals surface area contributed by atoms with Crippen molar-refractivity contribution in [1.29, 1.82) is 0 Å². The second-order valence-electron chi connectivity index (χ2n) is 16.1. The molecule has 0 saturated carbocycles. The lowest BCUT2D eigenvalue weighted by molar-refractivity contribution is 0.236. The largest absolute Gasteiger partial charge is 0.433 e. The van der Waals surface area contributed by atoms with Crippen LogP contribution in [0.4, 0.5) is 0 Å². The van der Waals surface area contributed by atoms with Crippen LogP contribution in [0.25, 0.3) is 0 Å². The molecule has 3 fully saturated rings. The maximum Gasteiger partial charge on any atom is 0.314 e. The highest BCUT2D eigenvalue weighted by molar-refractivity contribution is 7.00. The van der Waals surface area contributed by atoms with Crippen LogP contribution in [0.5, 0.6) is 0 Å². The van der Waals surface area contributed by atoms with Crippen molar-refractivity contribution in [3.05, 3.63) is 0 Å². The van der Waals surface area contributed by atoms with Crippen LogP contribution in [0.15, 0.2) is 0 Å². The first-order chi connectivity index (χ1) is 18.0. The molecule has 0 aromatic heterocycles. The summed E-state index contributed by atoms with van der Waals surface area (Å²) in [6, 6.07) is 0. The first-order valence-corrected chi connectivity index (χ1v) is 43.4. The van der Waals surface area contributed by atoms with Crippen LogP contribution in [0.2, 0.25) is 131 Å². The summed E-state index contributed by atoms with van der Waals surface area (Å²) in [6.07, 6.45) is 0. The SMILES string of the molecule is CN1[Si](C)(C)O[Si](C)(C)N(C)[Si]1(C)C.C[Si]1(C)O[Si](C)(C)O[Si](C)(C)O1.C[Si]1(C)O[Si](C)(C)O[Si](C)(C)O[Si](C)(C)O1. The molecule has 0 aromatic carbocycles. The lowest BCUT2D eigenvalue weighted by atomic mass is 11.6. The Morgan fingerprint density at radius 1 is 0.262 bits per heavy atom. The average Bonchev–Trinajstić information content (AvgIpc) is 2.56. The van der Waals surface area contributed by atoms with E-state index in [-0.39, 0.29) is 0 Å². The van der Waals surface area contributed by atoms with E-state index in [4.69, 9.17) is 32.9 Å². The van der Waals surface area contributed by atoms with E-state index in [1.165, 1.54) is 0 Å². The molecule has 0 spiro atoms. The highest BCUT2D eigenvalue weighted by Crippen LogP contribution is 2.34. The van der Waals surface area contributed by atoms with Gasteiger partial charge >= 0.3 is 59.9 Å². The third kappa shape index (κ3) is 12.8. The molecule has 10 nitrogen and oxygen atoms in total. The van der Waals surface area contributed by atoms with Gasteiger partial charge in [-0.05, 0) is 145 Å². The number of hydrogen-bond acceptors (Lipinski definition) is 10. The summed E-state index contributed by atoms with van der Waals surface area (Å²) >= 11 is 0. The van der Waals surface area contributed by atoms with Gasteiger partial charge in [-0.15, -0.1) is 0 Å². The molecule has 0 bridgehead atoms. The molecule has 252 valence electrons. The van der Waals surface area contributed by atoms with Crippen LogP contribution in [0.3, 0.4) is 0 Å². The summed E-state index contributed by atoms with van der Waals surface area (Å²) in [7, 11) is -14.1. The smallest absolute Gasteiger partial charge is 0.314 e. The quantitative estimate of drug-likeness (QED) is 0.240. The van der Waals surface area contributed by atoms with Crippen molar-refractivity contribution >= 4 is 85.3 Å². The van der Waals surface area contributed by atoms with Crippen molar-refractivity contribution in [2.45, 2.75) is 131 Å². The van der Waals surface area contributed by atoms with Crippen LogP contribution >= 0.6 is 0 Å². The van der Waals surface area contributed by atoms with E-state index >= 15 is 0 Å². The standard InChI is InChI=1S/C8H24N2OSi3.C8H24O4Si4.C6H18O3Si3/c1-9-12(3,4)10(2)14(7,8)11-13(9,5)6;1-13(2)9-14(3,4)11-16(7,8)12-15(5,6)10-13;1-10(2)7-11(3,4)9-12(5,6)8-10/h1-8H3;1-8H3;1-6H3.